The number of hydrogen-bond donors (Lipinski definition) is 3. The molecule has 0 bridgehead atoms. The highest BCUT2D eigenvalue weighted by atomic mass is 16.5. The largest absolute Gasteiger partial charge is 0.491 e. The van der Waals surface area contributed by atoms with Crippen LogP contribution in [0.25, 0.3) is 0 Å². The van der Waals surface area contributed by atoms with E-state index >= 15 is 0 Å². The Morgan fingerprint density at radius 1 is 1.22 bits per heavy atom. The van der Waals surface area contributed by atoms with Crippen molar-refractivity contribution < 1.29 is 24.5 Å². The number of nitrogens with one attached hydrogen (secondary N) is 1. The maximum Gasteiger partial charge on any atom is 0.220 e. The number of Topliss-reactive ketones (excluding diaryl/α,β-unsaturated/α-hetero) is 1. The van der Waals surface area contributed by atoms with Crippen molar-refractivity contribution in [1.29, 1.82) is 0 Å². The molecular weight excluding hydrogens is 406 g/mol. The SMILES string of the molecule is O=C(CCC/C=C\C[C@H]1[C@@H](O)CC(=O)[C@@H]1/C=C/[C@@H](O)COc1ccccc1)NCC1CC1. The fraction of sp³-hybridized carbons (Fsp3) is 0.538. The first kappa shape index (κ1) is 24.2. The van der Waals surface area contributed by atoms with Crippen LogP contribution in [0, 0.1) is 17.8 Å². The van der Waals surface area contributed by atoms with Crippen LogP contribution in [0.5, 0.6) is 5.75 Å². The predicted octanol–water partition coefficient (Wildman–Crippen LogP) is 3.19. The molecule has 4 atom stereocenters. The Bertz CT molecular complexity index is 787. The van der Waals surface area contributed by atoms with Crippen molar-refractivity contribution >= 4 is 11.7 Å². The van der Waals surface area contributed by atoms with Gasteiger partial charge in [0.1, 0.15) is 24.2 Å². The highest BCUT2D eigenvalue weighted by Crippen LogP contribution is 2.33. The second kappa shape index (κ2) is 12.6. The summed E-state index contributed by atoms with van der Waals surface area (Å²) in [6.45, 7) is 0.910. The Balaban J connectivity index is 1.37. The summed E-state index contributed by atoms with van der Waals surface area (Å²) in [7, 11) is 0. The van der Waals surface area contributed by atoms with Gasteiger partial charge in [-0.15, -0.1) is 0 Å². The average molecular weight is 442 g/mol. The van der Waals surface area contributed by atoms with Gasteiger partial charge in [-0.05, 0) is 50.2 Å². The first-order chi connectivity index (χ1) is 15.5. The Kier molecular flexibility index (Phi) is 9.50. The van der Waals surface area contributed by atoms with Crippen LogP contribution in [0.1, 0.15) is 44.9 Å². The lowest BCUT2D eigenvalue weighted by Gasteiger charge is -2.17. The summed E-state index contributed by atoms with van der Waals surface area (Å²) in [6.07, 6.45) is 11.1. The number of para-hydroxylation sites is 1. The molecule has 2 aliphatic carbocycles. The molecule has 0 aromatic heterocycles. The molecule has 0 saturated heterocycles. The molecule has 1 aromatic carbocycles. The molecule has 0 heterocycles. The van der Waals surface area contributed by atoms with Gasteiger partial charge in [0.05, 0.1) is 6.10 Å². The van der Waals surface area contributed by atoms with E-state index in [-0.39, 0.29) is 30.6 Å². The van der Waals surface area contributed by atoms with E-state index in [4.69, 9.17) is 4.74 Å². The van der Waals surface area contributed by atoms with Crippen molar-refractivity contribution in [3.63, 3.8) is 0 Å². The molecule has 0 unspecified atom stereocenters. The van der Waals surface area contributed by atoms with Crippen molar-refractivity contribution in [3.8, 4) is 5.75 Å². The van der Waals surface area contributed by atoms with E-state index in [9.17, 15) is 19.8 Å². The minimum absolute atomic E-state index is 0.00402. The highest BCUT2D eigenvalue weighted by Gasteiger charge is 2.39. The monoisotopic (exact) mass is 441 g/mol. The topological polar surface area (TPSA) is 95.9 Å². The predicted molar refractivity (Wildman–Crippen MR) is 123 cm³/mol. The molecule has 1 aromatic rings. The zero-order chi connectivity index (χ0) is 22.8. The number of unbranched alkanes of at least 4 members (excludes halogenated alkanes) is 1. The lowest BCUT2D eigenvalue weighted by Crippen LogP contribution is -2.24. The van der Waals surface area contributed by atoms with Gasteiger partial charge in [0, 0.05) is 31.2 Å². The van der Waals surface area contributed by atoms with Crippen LogP contribution in [0.15, 0.2) is 54.6 Å². The maximum absolute atomic E-state index is 12.3. The molecular formula is C26H35NO5. The van der Waals surface area contributed by atoms with Crippen molar-refractivity contribution in [2.75, 3.05) is 13.2 Å². The first-order valence-electron chi connectivity index (χ1n) is 11.7. The highest BCUT2D eigenvalue weighted by molar-refractivity contribution is 5.86. The van der Waals surface area contributed by atoms with E-state index < -0.39 is 18.1 Å². The molecule has 0 radical (unpaired) electrons. The van der Waals surface area contributed by atoms with Gasteiger partial charge in [-0.3, -0.25) is 9.59 Å². The van der Waals surface area contributed by atoms with Gasteiger partial charge >= 0.3 is 0 Å². The van der Waals surface area contributed by atoms with Gasteiger partial charge in [-0.1, -0.05) is 42.5 Å². The molecule has 3 N–H and O–H groups in total. The van der Waals surface area contributed by atoms with E-state index in [0.29, 0.717) is 24.5 Å². The third-order valence-corrected chi connectivity index (χ3v) is 6.08. The standard InChI is InChI=1S/C26H35NO5/c28-20(18-32-21-8-4-3-5-9-21)14-15-23-22(24(29)16-25(23)30)10-6-1-2-7-11-26(31)27-17-19-12-13-19/h1,3-6,8-9,14-15,19-20,22-24,28-29H,2,7,10-13,16-18H2,(H,27,31)/b6-1-,15-14+/t20-,22-,23-,24+/m1/s1. The number of aliphatic hydroxyl groups is 2. The van der Waals surface area contributed by atoms with Gasteiger partial charge < -0.3 is 20.3 Å². The Morgan fingerprint density at radius 2 is 2.00 bits per heavy atom. The maximum atomic E-state index is 12.3. The second-order valence-electron chi connectivity index (χ2n) is 8.85. The van der Waals surface area contributed by atoms with Crippen molar-refractivity contribution in [2.24, 2.45) is 17.8 Å². The van der Waals surface area contributed by atoms with Crippen LogP contribution < -0.4 is 10.1 Å². The third kappa shape index (κ3) is 8.24. The van der Waals surface area contributed by atoms with Gasteiger partial charge in [0.25, 0.3) is 0 Å². The lowest BCUT2D eigenvalue weighted by molar-refractivity contribution is -0.121. The average Bonchev–Trinajstić information content (AvgIpc) is 3.58. The summed E-state index contributed by atoms with van der Waals surface area (Å²) in [6, 6.07) is 9.24. The normalized spacial score (nSPS) is 24.3. The number of ketones is 1. The van der Waals surface area contributed by atoms with Gasteiger partial charge in [-0.25, -0.2) is 0 Å². The van der Waals surface area contributed by atoms with Crippen LogP contribution in [-0.4, -0.2) is 47.3 Å². The minimum Gasteiger partial charge on any atom is -0.491 e. The molecule has 6 heteroatoms. The van der Waals surface area contributed by atoms with Crippen molar-refractivity contribution in [3.05, 3.63) is 54.6 Å². The quantitative estimate of drug-likeness (QED) is 0.323. The van der Waals surface area contributed by atoms with Crippen LogP contribution in [0.4, 0.5) is 0 Å². The van der Waals surface area contributed by atoms with E-state index in [1.54, 1.807) is 12.2 Å². The summed E-state index contributed by atoms with van der Waals surface area (Å²) < 4.78 is 5.53. The van der Waals surface area contributed by atoms with E-state index in [2.05, 4.69) is 5.32 Å². The summed E-state index contributed by atoms with van der Waals surface area (Å²) in [5.74, 6) is 0.876. The molecule has 174 valence electrons. The molecule has 0 spiro atoms. The Morgan fingerprint density at radius 3 is 2.75 bits per heavy atom. The van der Waals surface area contributed by atoms with E-state index in [0.717, 1.165) is 19.4 Å². The zero-order valence-electron chi connectivity index (χ0n) is 18.6. The summed E-state index contributed by atoms with van der Waals surface area (Å²) in [5, 5.41) is 23.4. The van der Waals surface area contributed by atoms with Crippen LogP contribution in [0.2, 0.25) is 0 Å². The van der Waals surface area contributed by atoms with Gasteiger partial charge in [0.2, 0.25) is 5.91 Å². The molecule has 1 amide bonds. The molecule has 2 aliphatic rings. The van der Waals surface area contributed by atoms with Crippen molar-refractivity contribution in [1.82, 2.24) is 5.32 Å². The second-order valence-corrected chi connectivity index (χ2v) is 8.85. The fourth-order valence-corrected chi connectivity index (χ4v) is 3.95. The number of aliphatic hydroxyl groups excluding tert-OH is 2. The number of carbonyl (C=O) groups excluding carboxylic acids is 2. The molecule has 0 aliphatic heterocycles. The van der Waals surface area contributed by atoms with Crippen molar-refractivity contribution in [2.45, 2.75) is 57.2 Å². The first-order valence-corrected chi connectivity index (χ1v) is 11.7. The van der Waals surface area contributed by atoms with Crippen LogP contribution in [-0.2, 0) is 9.59 Å². The van der Waals surface area contributed by atoms with Crippen LogP contribution in [0.3, 0.4) is 0 Å². The fourth-order valence-electron chi connectivity index (χ4n) is 3.95. The lowest BCUT2D eigenvalue weighted by atomic mass is 9.90. The van der Waals surface area contributed by atoms with Gasteiger partial charge in [0.15, 0.2) is 0 Å². The molecule has 3 rings (SSSR count). The van der Waals surface area contributed by atoms with Gasteiger partial charge in [-0.2, -0.15) is 0 Å². The number of allylic oxidation sites excluding steroid dienone is 3. The summed E-state index contributed by atoms with van der Waals surface area (Å²) in [4.78, 5) is 24.1. The zero-order valence-corrected chi connectivity index (χ0v) is 18.6. The third-order valence-electron chi connectivity index (χ3n) is 6.08. The molecule has 6 nitrogen and oxygen atoms in total. The van der Waals surface area contributed by atoms with Crippen LogP contribution >= 0.6 is 0 Å². The minimum atomic E-state index is -0.831. The molecule has 2 saturated carbocycles. The number of carbonyl (C=O) groups is 2. The number of amides is 1. The Labute approximate surface area is 190 Å². The summed E-state index contributed by atoms with van der Waals surface area (Å²) >= 11 is 0. The van der Waals surface area contributed by atoms with E-state index in [1.165, 1.54) is 12.8 Å². The molecule has 2 fully saturated rings. The Hall–Kier alpha value is -2.44. The smallest absolute Gasteiger partial charge is 0.220 e. The molecule has 32 heavy (non-hydrogen) atoms. The van der Waals surface area contributed by atoms with E-state index in [1.807, 2.05) is 42.5 Å². The summed E-state index contributed by atoms with van der Waals surface area (Å²) in [5.41, 5.74) is 0. The number of hydrogen-bond acceptors (Lipinski definition) is 5. The number of ether oxygens (including phenoxy) is 1. The number of benzene rings is 1. The number of rotatable bonds is 13.